The Morgan fingerprint density at radius 1 is 1.00 bits per heavy atom. The molecule has 3 heterocycles. The summed E-state index contributed by atoms with van der Waals surface area (Å²) in [6.07, 6.45) is 1.03. The molecule has 1 amide bonds. The van der Waals surface area contributed by atoms with Crippen molar-refractivity contribution in [2.24, 2.45) is 5.92 Å². The van der Waals surface area contributed by atoms with Crippen molar-refractivity contribution in [3.8, 4) is 5.75 Å². The van der Waals surface area contributed by atoms with E-state index >= 15 is 0 Å². The van der Waals surface area contributed by atoms with Crippen molar-refractivity contribution in [2.75, 3.05) is 72.8 Å². The molecule has 11 heteroatoms. The van der Waals surface area contributed by atoms with Gasteiger partial charge >= 0.3 is 0 Å². The molecule has 3 aliphatic heterocycles. The lowest BCUT2D eigenvalue weighted by atomic mass is 10.1. The molecule has 35 heavy (non-hydrogen) atoms. The Hall–Kier alpha value is -2.73. The maximum atomic E-state index is 12.5. The second-order valence-corrected chi connectivity index (χ2v) is 8.54. The summed E-state index contributed by atoms with van der Waals surface area (Å²) in [5.74, 6) is 1.09. The number of ether oxygens (including phenoxy) is 3. The Bertz CT molecular complexity index is 752. The third kappa shape index (κ3) is 9.81. The van der Waals surface area contributed by atoms with Crippen molar-refractivity contribution in [3.05, 3.63) is 29.8 Å². The Morgan fingerprint density at radius 2 is 1.66 bits per heavy atom. The molecule has 0 saturated carbocycles. The van der Waals surface area contributed by atoms with E-state index in [0.717, 1.165) is 71.3 Å². The van der Waals surface area contributed by atoms with Gasteiger partial charge in [-0.3, -0.25) is 24.2 Å². The second kappa shape index (κ2) is 16.0. The summed E-state index contributed by atoms with van der Waals surface area (Å²) < 4.78 is 17.0. The number of morpholine rings is 1. The van der Waals surface area contributed by atoms with Crippen LogP contribution in [0.4, 0.5) is 0 Å². The molecular weight excluding hydrogens is 458 g/mol. The fourth-order valence-electron chi connectivity index (χ4n) is 4.37. The van der Waals surface area contributed by atoms with Crippen LogP contribution in [-0.4, -0.2) is 123 Å². The Balaban J connectivity index is 0.000000655. The second-order valence-electron chi connectivity index (χ2n) is 8.54. The molecule has 0 aliphatic carbocycles. The molecule has 2 bridgehead atoms. The van der Waals surface area contributed by atoms with Crippen LogP contribution < -0.4 is 4.74 Å². The van der Waals surface area contributed by atoms with Crippen LogP contribution in [0.3, 0.4) is 0 Å². The first kappa shape index (κ1) is 28.5. The van der Waals surface area contributed by atoms with E-state index in [0.29, 0.717) is 13.2 Å². The molecule has 0 spiro atoms. The summed E-state index contributed by atoms with van der Waals surface area (Å²) >= 11 is 0. The third-order valence-electron chi connectivity index (χ3n) is 6.14. The minimum atomic E-state index is -0.250. The van der Waals surface area contributed by atoms with Gasteiger partial charge in [0.1, 0.15) is 5.75 Å². The summed E-state index contributed by atoms with van der Waals surface area (Å²) in [5, 5.41) is 13.8. The molecule has 2 atom stereocenters. The van der Waals surface area contributed by atoms with Gasteiger partial charge < -0.3 is 29.3 Å². The van der Waals surface area contributed by atoms with Gasteiger partial charge in [0.05, 0.1) is 45.0 Å². The summed E-state index contributed by atoms with van der Waals surface area (Å²) in [6, 6.07) is 8.54. The van der Waals surface area contributed by atoms with E-state index in [2.05, 4.69) is 34.1 Å². The van der Waals surface area contributed by atoms with Crippen LogP contribution in [0.25, 0.3) is 0 Å². The van der Waals surface area contributed by atoms with Crippen LogP contribution in [0, 0.1) is 5.92 Å². The maximum absolute atomic E-state index is 12.5. The van der Waals surface area contributed by atoms with Crippen molar-refractivity contribution in [2.45, 2.75) is 19.0 Å². The van der Waals surface area contributed by atoms with Crippen LogP contribution in [0.2, 0.25) is 0 Å². The maximum Gasteiger partial charge on any atom is 0.290 e. The fraction of sp³-hybridized carbons (Fsp3) is 0.625. The summed E-state index contributed by atoms with van der Waals surface area (Å²) in [6.45, 7) is 8.69. The summed E-state index contributed by atoms with van der Waals surface area (Å²) in [4.78, 5) is 35.9. The number of carbonyl (C=O) groups excluding carboxylic acids is 1. The molecule has 0 aromatic heterocycles. The number of carbonyl (C=O) groups is 3. The molecule has 11 nitrogen and oxygen atoms in total. The van der Waals surface area contributed by atoms with Gasteiger partial charge in [0.25, 0.3) is 12.9 Å². The lowest BCUT2D eigenvalue weighted by Gasteiger charge is -2.29. The van der Waals surface area contributed by atoms with E-state index < -0.39 is 0 Å². The van der Waals surface area contributed by atoms with E-state index in [-0.39, 0.29) is 30.8 Å². The molecule has 0 radical (unpaired) electrons. The van der Waals surface area contributed by atoms with Crippen molar-refractivity contribution >= 4 is 18.9 Å². The van der Waals surface area contributed by atoms with E-state index in [1.807, 2.05) is 11.9 Å². The fourth-order valence-corrected chi connectivity index (χ4v) is 4.37. The summed E-state index contributed by atoms with van der Waals surface area (Å²) in [7, 11) is 1.91. The average molecular weight is 496 g/mol. The van der Waals surface area contributed by atoms with Gasteiger partial charge in [-0.2, -0.15) is 0 Å². The first-order valence-electron chi connectivity index (χ1n) is 11.8. The number of benzene rings is 1. The number of rotatable bonds is 7. The first-order valence-corrected chi connectivity index (χ1v) is 11.8. The molecular formula is C24H37N3O8. The minimum absolute atomic E-state index is 0.0541. The minimum Gasteiger partial charge on any atom is -0.494 e. The third-order valence-corrected chi connectivity index (χ3v) is 6.14. The Morgan fingerprint density at radius 3 is 2.31 bits per heavy atom. The van der Waals surface area contributed by atoms with Crippen LogP contribution in [0.5, 0.6) is 5.75 Å². The van der Waals surface area contributed by atoms with Gasteiger partial charge in [-0.05, 0) is 24.1 Å². The van der Waals surface area contributed by atoms with Gasteiger partial charge in [0, 0.05) is 46.3 Å². The highest BCUT2D eigenvalue weighted by atomic mass is 16.5. The molecule has 0 unspecified atom stereocenters. The highest BCUT2D eigenvalue weighted by Gasteiger charge is 2.37. The largest absolute Gasteiger partial charge is 0.494 e. The number of hydrogen-bond acceptors (Lipinski definition) is 8. The molecule has 3 saturated heterocycles. The van der Waals surface area contributed by atoms with Gasteiger partial charge in [-0.1, -0.05) is 12.1 Å². The van der Waals surface area contributed by atoms with E-state index in [4.69, 9.17) is 34.0 Å². The van der Waals surface area contributed by atoms with Gasteiger partial charge in [-0.15, -0.1) is 0 Å². The topological polar surface area (TPSA) is 129 Å². The van der Waals surface area contributed by atoms with E-state index in [1.165, 1.54) is 5.56 Å². The molecule has 2 N–H and O–H groups in total. The average Bonchev–Trinajstić information content (AvgIpc) is 3.04. The number of nitrogens with zero attached hydrogens (tertiary/aromatic N) is 3. The zero-order valence-corrected chi connectivity index (χ0v) is 20.3. The Kier molecular flexibility index (Phi) is 13.1. The summed E-state index contributed by atoms with van der Waals surface area (Å²) in [5.41, 5.74) is 1.25. The van der Waals surface area contributed by atoms with Gasteiger partial charge in [-0.25, -0.2) is 0 Å². The number of carboxylic acid groups (broad SMARTS) is 2. The molecule has 3 aliphatic rings. The van der Waals surface area contributed by atoms with Crippen LogP contribution in [-0.2, 0) is 30.4 Å². The molecule has 1 aromatic rings. The number of hydrogen-bond donors (Lipinski definition) is 2. The predicted molar refractivity (Wildman–Crippen MR) is 127 cm³/mol. The zero-order chi connectivity index (χ0) is 25.5. The SMILES string of the molecule is CN1C(=O)[C@H]2COC[C@@H]1CN(Cc1ccc(OCCCN3CCOCC3)cc1)C2.O=CO.O=CO. The first-order chi connectivity index (χ1) is 17.0. The number of likely N-dealkylation sites (N-methyl/N-ethyl adjacent to an activating group) is 1. The zero-order valence-electron chi connectivity index (χ0n) is 20.3. The van der Waals surface area contributed by atoms with Crippen molar-refractivity contribution < 1.29 is 38.8 Å². The van der Waals surface area contributed by atoms with Crippen molar-refractivity contribution in [3.63, 3.8) is 0 Å². The molecule has 196 valence electrons. The normalized spacial score (nSPS) is 22.5. The highest BCUT2D eigenvalue weighted by Crippen LogP contribution is 2.22. The molecule has 1 aromatic carbocycles. The number of fused-ring (bicyclic) bond motifs is 3. The van der Waals surface area contributed by atoms with E-state index in [1.54, 1.807) is 0 Å². The van der Waals surface area contributed by atoms with Crippen LogP contribution in [0.15, 0.2) is 24.3 Å². The van der Waals surface area contributed by atoms with Crippen LogP contribution in [0.1, 0.15) is 12.0 Å². The van der Waals surface area contributed by atoms with Gasteiger partial charge in [0.15, 0.2) is 0 Å². The molecule has 4 rings (SSSR count). The Labute approximate surface area is 206 Å². The number of amides is 1. The quantitative estimate of drug-likeness (QED) is 0.407. The smallest absolute Gasteiger partial charge is 0.290 e. The predicted octanol–water partition coefficient (Wildman–Crippen LogP) is 0.478. The highest BCUT2D eigenvalue weighted by molar-refractivity contribution is 5.79. The lowest BCUT2D eigenvalue weighted by molar-refractivity contribution is -0.134. The standard InChI is InChI=1S/C22H33N3O4.2CH2O2/c1-23-20-15-25(14-19(22(23)26)16-28-17-20)13-18-3-5-21(6-4-18)29-10-2-7-24-8-11-27-12-9-24;2*2-1-3/h3-6,19-20H,2,7-17H2,1H3;2*1H,(H,2,3)/t19-,20+;;/m1../s1. The van der Waals surface area contributed by atoms with Gasteiger partial charge in [0.2, 0.25) is 5.91 Å². The molecule has 3 fully saturated rings. The van der Waals surface area contributed by atoms with Crippen molar-refractivity contribution in [1.29, 1.82) is 0 Å². The lowest BCUT2D eigenvalue weighted by Crippen LogP contribution is -2.42. The monoisotopic (exact) mass is 495 g/mol. The van der Waals surface area contributed by atoms with Crippen molar-refractivity contribution in [1.82, 2.24) is 14.7 Å². The van der Waals surface area contributed by atoms with E-state index in [9.17, 15) is 4.79 Å². The van der Waals surface area contributed by atoms with Crippen LogP contribution >= 0.6 is 0 Å².